The van der Waals surface area contributed by atoms with Gasteiger partial charge in [-0.1, -0.05) is 13.8 Å². The van der Waals surface area contributed by atoms with E-state index in [1.54, 1.807) is 6.08 Å². The van der Waals surface area contributed by atoms with Crippen molar-refractivity contribution in [2.24, 2.45) is 34.5 Å². The number of nitrogens with zero attached hydrogens (tertiary/aromatic N) is 1. The van der Waals surface area contributed by atoms with E-state index in [-0.39, 0.29) is 48.0 Å². The van der Waals surface area contributed by atoms with Crippen LogP contribution < -0.4 is 5.32 Å². The smallest absolute Gasteiger partial charge is 0.407 e. The SMILES string of the molecule is CC(=O)O[C@H]1C[C@]2(O)[C@@H]3CC[C@@H]4C[C@@H](OC(=O)NCCN5CCOCC5)CC[C@]4(C)[C@H]3CC[C@]2(C)[C@H]1C1=CC(=O)OC1. The fourth-order valence-corrected chi connectivity index (χ4v) is 10.2. The first-order chi connectivity index (χ1) is 20.0. The predicted octanol–water partition coefficient (Wildman–Crippen LogP) is 3.21. The summed E-state index contributed by atoms with van der Waals surface area (Å²) in [7, 11) is 0. The van der Waals surface area contributed by atoms with Crippen molar-refractivity contribution in [2.75, 3.05) is 46.0 Å². The highest BCUT2D eigenvalue weighted by Gasteiger charge is 2.71. The van der Waals surface area contributed by atoms with Gasteiger partial charge in [-0.05, 0) is 73.7 Å². The lowest BCUT2D eigenvalue weighted by molar-refractivity contribution is -0.208. The van der Waals surface area contributed by atoms with Crippen molar-refractivity contribution in [3.63, 3.8) is 0 Å². The molecule has 2 aliphatic heterocycles. The van der Waals surface area contributed by atoms with Crippen molar-refractivity contribution < 1.29 is 38.4 Å². The number of rotatable bonds is 6. The summed E-state index contributed by atoms with van der Waals surface area (Å²) >= 11 is 0. The van der Waals surface area contributed by atoms with Gasteiger partial charge in [0.2, 0.25) is 0 Å². The Balaban J connectivity index is 1.12. The zero-order valence-electron chi connectivity index (χ0n) is 25.4. The molecule has 4 saturated carbocycles. The van der Waals surface area contributed by atoms with Crippen molar-refractivity contribution in [1.29, 1.82) is 0 Å². The quantitative estimate of drug-likeness (QED) is 0.356. The van der Waals surface area contributed by atoms with Crippen LogP contribution in [0.15, 0.2) is 11.6 Å². The highest BCUT2D eigenvalue weighted by molar-refractivity contribution is 5.85. The number of amides is 1. The van der Waals surface area contributed by atoms with Gasteiger partial charge in [0.05, 0.1) is 18.8 Å². The second-order valence-electron chi connectivity index (χ2n) is 14.2. The van der Waals surface area contributed by atoms with Gasteiger partial charge in [-0.15, -0.1) is 0 Å². The minimum atomic E-state index is -1.01. The maximum atomic E-state index is 12.7. The first kappa shape index (κ1) is 29.9. The lowest BCUT2D eigenvalue weighted by Gasteiger charge is -2.63. The molecule has 0 radical (unpaired) electrons. The molecule has 2 heterocycles. The summed E-state index contributed by atoms with van der Waals surface area (Å²) in [5.41, 5.74) is -0.636. The van der Waals surface area contributed by atoms with E-state index in [1.165, 1.54) is 6.92 Å². The minimum Gasteiger partial charge on any atom is -0.462 e. The molecule has 0 bridgehead atoms. The fourth-order valence-electron chi connectivity index (χ4n) is 10.2. The molecule has 2 N–H and O–H groups in total. The van der Waals surface area contributed by atoms with Crippen molar-refractivity contribution in [3.8, 4) is 0 Å². The lowest BCUT2D eigenvalue weighted by Crippen LogP contribution is -2.62. The largest absolute Gasteiger partial charge is 0.462 e. The molecule has 5 fully saturated rings. The van der Waals surface area contributed by atoms with Crippen LogP contribution in [0.2, 0.25) is 0 Å². The summed E-state index contributed by atoms with van der Waals surface area (Å²) < 4.78 is 22.4. The third-order valence-electron chi connectivity index (χ3n) is 12.3. The number of nitrogens with one attached hydrogen (secondary N) is 1. The average Bonchev–Trinajstić information content (AvgIpc) is 3.46. The minimum absolute atomic E-state index is 0.0490. The number of carbonyl (C=O) groups excluding carboxylic acids is 3. The van der Waals surface area contributed by atoms with E-state index in [1.807, 2.05) is 0 Å². The number of hydrogen-bond acceptors (Lipinski definition) is 9. The monoisotopic (exact) mass is 588 g/mol. The van der Waals surface area contributed by atoms with Gasteiger partial charge in [-0.2, -0.15) is 0 Å². The Hall–Kier alpha value is -2.17. The highest BCUT2D eigenvalue weighted by atomic mass is 16.6. The Labute approximate surface area is 248 Å². The lowest BCUT2D eigenvalue weighted by atomic mass is 9.43. The Kier molecular flexibility index (Phi) is 8.11. The molecule has 6 aliphatic rings. The Bertz CT molecular complexity index is 1110. The second kappa shape index (κ2) is 11.4. The van der Waals surface area contributed by atoms with Crippen molar-refractivity contribution in [3.05, 3.63) is 11.6 Å². The van der Waals surface area contributed by atoms with Crippen LogP contribution in [0.25, 0.3) is 0 Å². The standard InChI is InChI=1S/C32H48N2O8/c1-20(35)41-26-18-32(38)25-5-4-22-17-23(42-29(37)33-10-11-34-12-14-39-15-13-34)6-8-30(22,2)24(25)7-9-31(32,3)28(26)21-16-27(36)40-19-21/h16,22-26,28,38H,4-15,17-19H2,1-3H3,(H,33,37)/t22-,23+,24+,25-,26+,28+,30+,31-,32+/m1/s1. The highest BCUT2D eigenvalue weighted by Crippen LogP contribution is 2.70. The van der Waals surface area contributed by atoms with E-state index in [0.717, 1.165) is 83.4 Å². The van der Waals surface area contributed by atoms with Gasteiger partial charge in [0, 0.05) is 56.9 Å². The molecule has 4 aliphatic carbocycles. The molecular weight excluding hydrogens is 540 g/mol. The zero-order valence-corrected chi connectivity index (χ0v) is 25.4. The normalized spacial score (nSPS) is 43.3. The van der Waals surface area contributed by atoms with E-state index in [2.05, 4.69) is 24.1 Å². The number of morpholine rings is 1. The third kappa shape index (κ3) is 5.15. The van der Waals surface area contributed by atoms with Crippen molar-refractivity contribution in [1.82, 2.24) is 10.2 Å². The van der Waals surface area contributed by atoms with Gasteiger partial charge in [0.15, 0.2) is 0 Å². The average molecular weight is 589 g/mol. The molecule has 6 rings (SSSR count). The number of carbonyl (C=O) groups is 3. The molecule has 9 atom stereocenters. The van der Waals surface area contributed by atoms with Gasteiger partial charge < -0.3 is 29.4 Å². The molecule has 0 aromatic heterocycles. The topological polar surface area (TPSA) is 124 Å². The van der Waals surface area contributed by atoms with Gasteiger partial charge in [-0.3, -0.25) is 9.69 Å². The molecule has 0 aromatic carbocycles. The third-order valence-corrected chi connectivity index (χ3v) is 12.3. The summed E-state index contributed by atoms with van der Waals surface area (Å²) in [6, 6.07) is 0. The first-order valence-corrected chi connectivity index (χ1v) is 16.0. The second-order valence-corrected chi connectivity index (χ2v) is 14.2. The van der Waals surface area contributed by atoms with E-state index >= 15 is 0 Å². The van der Waals surface area contributed by atoms with Crippen molar-refractivity contribution in [2.45, 2.75) is 89.9 Å². The molecule has 10 nitrogen and oxygen atoms in total. The Morgan fingerprint density at radius 1 is 1.10 bits per heavy atom. The van der Waals surface area contributed by atoms with Crippen LogP contribution >= 0.6 is 0 Å². The molecule has 234 valence electrons. The number of alkyl carbamates (subject to hydrolysis) is 1. The molecule has 0 unspecified atom stereocenters. The van der Waals surface area contributed by atoms with Gasteiger partial charge in [0.1, 0.15) is 18.8 Å². The molecule has 0 aromatic rings. The molecule has 42 heavy (non-hydrogen) atoms. The fraction of sp³-hybridized carbons (Fsp3) is 0.844. The number of cyclic esters (lactones) is 1. The predicted molar refractivity (Wildman–Crippen MR) is 152 cm³/mol. The van der Waals surface area contributed by atoms with Crippen LogP contribution in [0.5, 0.6) is 0 Å². The van der Waals surface area contributed by atoms with Crippen molar-refractivity contribution >= 4 is 18.0 Å². The number of esters is 2. The summed E-state index contributed by atoms with van der Waals surface area (Å²) in [6.07, 6.45) is 7.33. The number of fused-ring (bicyclic) bond motifs is 5. The van der Waals surface area contributed by atoms with Crippen LogP contribution in [0.4, 0.5) is 4.79 Å². The number of ether oxygens (including phenoxy) is 4. The van der Waals surface area contributed by atoms with E-state index in [4.69, 9.17) is 18.9 Å². The first-order valence-electron chi connectivity index (χ1n) is 16.0. The summed E-state index contributed by atoms with van der Waals surface area (Å²) in [6.45, 7) is 10.8. The number of hydrogen-bond donors (Lipinski definition) is 2. The van der Waals surface area contributed by atoms with E-state index < -0.39 is 17.1 Å². The van der Waals surface area contributed by atoms with Gasteiger partial charge in [-0.25, -0.2) is 9.59 Å². The zero-order chi connectivity index (χ0) is 29.7. The Morgan fingerprint density at radius 3 is 2.60 bits per heavy atom. The van der Waals surface area contributed by atoms with Crippen LogP contribution in [0, 0.1) is 34.5 Å². The van der Waals surface area contributed by atoms with E-state index in [0.29, 0.717) is 24.8 Å². The maximum Gasteiger partial charge on any atom is 0.407 e. The summed E-state index contributed by atoms with van der Waals surface area (Å²) in [5.74, 6) is -0.119. The van der Waals surface area contributed by atoms with Crippen LogP contribution in [-0.4, -0.2) is 91.8 Å². The van der Waals surface area contributed by atoms with Crippen LogP contribution in [0.3, 0.4) is 0 Å². The maximum absolute atomic E-state index is 12.7. The van der Waals surface area contributed by atoms with Gasteiger partial charge in [0.25, 0.3) is 0 Å². The molecular formula is C32H48N2O8. The molecule has 0 spiro atoms. The molecule has 10 heteroatoms. The summed E-state index contributed by atoms with van der Waals surface area (Å²) in [4.78, 5) is 39.0. The Morgan fingerprint density at radius 2 is 1.88 bits per heavy atom. The van der Waals surface area contributed by atoms with Crippen LogP contribution in [-0.2, 0) is 28.5 Å². The summed E-state index contributed by atoms with van der Waals surface area (Å²) in [5, 5.41) is 15.6. The number of aliphatic hydroxyl groups is 1. The van der Waals surface area contributed by atoms with E-state index in [9.17, 15) is 19.5 Å². The van der Waals surface area contributed by atoms with Crippen LogP contribution in [0.1, 0.15) is 72.1 Å². The van der Waals surface area contributed by atoms with Gasteiger partial charge >= 0.3 is 18.0 Å². The molecule has 1 amide bonds. The molecule has 1 saturated heterocycles.